The Kier molecular flexibility index (Phi) is 6.04. The number of fused-ring (bicyclic) bond motifs is 1. The van der Waals surface area contributed by atoms with Gasteiger partial charge in [-0.05, 0) is 28.3 Å². The van der Waals surface area contributed by atoms with Crippen LogP contribution in [0.5, 0.6) is 0 Å². The number of hydrogen-bond donors (Lipinski definition) is 1. The topological polar surface area (TPSA) is 54.4 Å². The molecule has 0 amide bonds. The number of benzene rings is 2. The van der Waals surface area contributed by atoms with E-state index in [1.54, 1.807) is 12.1 Å². The van der Waals surface area contributed by atoms with E-state index in [4.69, 9.17) is 0 Å². The molecular weight excluding hydrogens is 295 g/mol. The Labute approximate surface area is 148 Å². The van der Waals surface area contributed by atoms with Gasteiger partial charge in [-0.15, -0.1) is 0 Å². The van der Waals surface area contributed by atoms with Crippen LogP contribution in [0.15, 0.2) is 35.2 Å². The molecule has 0 heterocycles. The molecule has 5 heteroatoms. The monoisotopic (exact) mass is 316 g/mol. The fourth-order valence-corrected chi connectivity index (χ4v) is 3.80. The Hall–Kier alpha value is -0.390. The fourth-order valence-electron chi connectivity index (χ4n) is 2.70. The Morgan fingerprint density at radius 3 is 2.05 bits per heavy atom. The van der Waals surface area contributed by atoms with Crippen LogP contribution in [0, 0.1) is 0 Å². The van der Waals surface area contributed by atoms with E-state index in [0.29, 0.717) is 5.39 Å². The summed E-state index contributed by atoms with van der Waals surface area (Å²) in [5.74, 6) is 0.214. The van der Waals surface area contributed by atoms with E-state index in [1.165, 1.54) is 0 Å². The molecule has 0 spiro atoms. The molecule has 0 atom stereocenters. The fraction of sp³-hybridized carbons (Fsp3) is 0.375. The molecule has 2 aromatic rings. The van der Waals surface area contributed by atoms with Crippen LogP contribution in [-0.2, 0) is 10.1 Å². The second-order valence-electron chi connectivity index (χ2n) is 5.71. The van der Waals surface area contributed by atoms with Gasteiger partial charge in [0.2, 0.25) is 0 Å². The van der Waals surface area contributed by atoms with Crippen LogP contribution in [0.25, 0.3) is 10.8 Å². The second kappa shape index (κ2) is 6.80. The standard InChI is InChI=1S/C16H20O3S.Na.H/c1-10(2)14-9-12-7-5-6-8-13(12)16(20(17,18)19)15(14)11(3)4;;/h5-11H,1-4H3,(H,17,18,19);;. The van der Waals surface area contributed by atoms with Gasteiger partial charge < -0.3 is 0 Å². The van der Waals surface area contributed by atoms with E-state index in [2.05, 4.69) is 0 Å². The van der Waals surface area contributed by atoms with Crippen molar-refractivity contribution in [2.24, 2.45) is 0 Å². The van der Waals surface area contributed by atoms with Crippen LogP contribution in [0.4, 0.5) is 0 Å². The third-order valence-corrected chi connectivity index (χ3v) is 4.49. The van der Waals surface area contributed by atoms with Gasteiger partial charge in [-0.3, -0.25) is 4.55 Å². The van der Waals surface area contributed by atoms with E-state index in [0.717, 1.165) is 16.5 Å². The molecule has 0 aliphatic carbocycles. The maximum atomic E-state index is 11.9. The van der Waals surface area contributed by atoms with Crippen LogP contribution in [0.1, 0.15) is 50.7 Å². The van der Waals surface area contributed by atoms with E-state index < -0.39 is 10.1 Å². The van der Waals surface area contributed by atoms with Crippen LogP contribution in [0.3, 0.4) is 0 Å². The average Bonchev–Trinajstić information content (AvgIpc) is 2.34. The molecule has 1 N–H and O–H groups in total. The molecule has 2 rings (SSSR count). The summed E-state index contributed by atoms with van der Waals surface area (Å²) in [4.78, 5) is 0.0642. The van der Waals surface area contributed by atoms with E-state index in [-0.39, 0.29) is 46.3 Å². The van der Waals surface area contributed by atoms with E-state index in [1.807, 2.05) is 45.9 Å². The van der Waals surface area contributed by atoms with Crippen LogP contribution in [0.2, 0.25) is 0 Å². The van der Waals surface area contributed by atoms with Crippen molar-refractivity contribution in [2.45, 2.75) is 44.4 Å². The third kappa shape index (κ3) is 3.69. The third-order valence-electron chi connectivity index (χ3n) is 3.53. The number of rotatable bonds is 3. The summed E-state index contributed by atoms with van der Waals surface area (Å²) in [7, 11) is -4.26. The van der Waals surface area contributed by atoms with Gasteiger partial charge in [0.05, 0.1) is 0 Å². The molecule has 21 heavy (non-hydrogen) atoms. The van der Waals surface area contributed by atoms with Crippen LogP contribution in [-0.4, -0.2) is 42.5 Å². The van der Waals surface area contributed by atoms with Crippen LogP contribution >= 0.6 is 0 Å². The van der Waals surface area contributed by atoms with Gasteiger partial charge in [-0.1, -0.05) is 58.0 Å². The van der Waals surface area contributed by atoms with Gasteiger partial charge >= 0.3 is 29.6 Å². The Balaban J connectivity index is 0.00000220. The molecule has 0 aromatic heterocycles. The first-order valence-corrected chi connectivity index (χ1v) is 8.20. The first-order chi connectivity index (χ1) is 9.23. The predicted molar refractivity (Wildman–Crippen MR) is 89.1 cm³/mol. The molecular formula is C16H21NaO3S. The minimum atomic E-state index is -4.26. The van der Waals surface area contributed by atoms with Crippen molar-refractivity contribution in [3.8, 4) is 0 Å². The minimum absolute atomic E-state index is 0. The normalized spacial score (nSPS) is 12.0. The summed E-state index contributed by atoms with van der Waals surface area (Å²) in [5, 5.41) is 1.43. The SMILES string of the molecule is CC(C)c1cc2ccccc2c(S(=O)(=O)O)c1C(C)C.[NaH]. The zero-order valence-corrected chi connectivity index (χ0v) is 13.0. The average molecular weight is 316 g/mol. The van der Waals surface area contributed by atoms with Gasteiger partial charge in [0.1, 0.15) is 4.90 Å². The zero-order valence-electron chi connectivity index (χ0n) is 12.2. The van der Waals surface area contributed by atoms with Gasteiger partial charge in [-0.25, -0.2) is 0 Å². The number of hydrogen-bond acceptors (Lipinski definition) is 2. The Morgan fingerprint density at radius 1 is 1.00 bits per heavy atom. The van der Waals surface area contributed by atoms with Gasteiger partial charge in [0, 0.05) is 5.39 Å². The molecule has 0 unspecified atom stereocenters. The predicted octanol–water partition coefficient (Wildman–Crippen LogP) is 3.68. The van der Waals surface area contributed by atoms with Crippen LogP contribution < -0.4 is 0 Å². The molecule has 0 bridgehead atoms. The van der Waals surface area contributed by atoms with Crippen molar-refractivity contribution < 1.29 is 13.0 Å². The summed E-state index contributed by atoms with van der Waals surface area (Å²) in [6, 6.07) is 9.31. The van der Waals surface area contributed by atoms with E-state index in [9.17, 15) is 13.0 Å². The van der Waals surface area contributed by atoms with Crippen molar-refractivity contribution >= 4 is 50.4 Å². The van der Waals surface area contributed by atoms with Crippen molar-refractivity contribution in [1.82, 2.24) is 0 Å². The molecule has 110 valence electrons. The van der Waals surface area contributed by atoms with Crippen molar-refractivity contribution in [1.29, 1.82) is 0 Å². The Bertz CT molecular complexity index is 749. The summed E-state index contributed by atoms with van der Waals surface area (Å²) in [6.07, 6.45) is 0. The first kappa shape index (κ1) is 18.7. The zero-order chi connectivity index (χ0) is 15.1. The maximum absolute atomic E-state index is 11.9. The van der Waals surface area contributed by atoms with Gasteiger partial charge in [-0.2, -0.15) is 8.42 Å². The van der Waals surface area contributed by atoms with Gasteiger partial charge in [0.15, 0.2) is 0 Å². The molecule has 0 radical (unpaired) electrons. The first-order valence-electron chi connectivity index (χ1n) is 6.76. The summed E-state index contributed by atoms with van der Waals surface area (Å²) >= 11 is 0. The second-order valence-corrected chi connectivity index (χ2v) is 7.07. The van der Waals surface area contributed by atoms with Crippen molar-refractivity contribution in [3.63, 3.8) is 0 Å². The van der Waals surface area contributed by atoms with E-state index >= 15 is 0 Å². The quantitative estimate of drug-likeness (QED) is 0.694. The summed E-state index contributed by atoms with van der Waals surface area (Å²) < 4.78 is 33.5. The molecule has 0 fully saturated rings. The van der Waals surface area contributed by atoms with Crippen molar-refractivity contribution in [3.05, 3.63) is 41.5 Å². The molecule has 0 saturated carbocycles. The van der Waals surface area contributed by atoms with Gasteiger partial charge in [0.25, 0.3) is 10.1 Å². The molecule has 3 nitrogen and oxygen atoms in total. The molecule has 0 saturated heterocycles. The Morgan fingerprint density at radius 2 is 1.57 bits per heavy atom. The summed E-state index contributed by atoms with van der Waals surface area (Å²) in [5.41, 5.74) is 1.70. The molecule has 0 aliphatic heterocycles. The molecule has 2 aromatic carbocycles. The summed E-state index contributed by atoms with van der Waals surface area (Å²) in [6.45, 7) is 7.96. The molecule has 0 aliphatic rings. The van der Waals surface area contributed by atoms with Crippen molar-refractivity contribution in [2.75, 3.05) is 0 Å².